The van der Waals surface area contributed by atoms with Gasteiger partial charge in [-0.05, 0) is 30.3 Å². The Bertz CT molecular complexity index is 815. The highest BCUT2D eigenvalue weighted by Gasteiger charge is 2.09. The van der Waals surface area contributed by atoms with Gasteiger partial charge in [-0.25, -0.2) is 0 Å². The van der Waals surface area contributed by atoms with Crippen LogP contribution in [0.5, 0.6) is 5.75 Å². The quantitative estimate of drug-likeness (QED) is 0.753. The number of nitrogens with one attached hydrogen (secondary N) is 1. The van der Waals surface area contributed by atoms with E-state index in [9.17, 15) is 4.79 Å². The van der Waals surface area contributed by atoms with Gasteiger partial charge in [-0.2, -0.15) is 0 Å². The van der Waals surface area contributed by atoms with E-state index < -0.39 is 0 Å². The summed E-state index contributed by atoms with van der Waals surface area (Å²) in [6.45, 7) is 1.87. The number of aromatic nitrogens is 2. The summed E-state index contributed by atoms with van der Waals surface area (Å²) in [4.78, 5) is 11.9. The number of para-hydroxylation sites is 1. The van der Waals surface area contributed by atoms with Crippen molar-refractivity contribution < 1.29 is 13.9 Å². The maximum atomic E-state index is 11.9. The average Bonchev–Trinajstić information content (AvgIpc) is 3.10. The Morgan fingerprint density at radius 3 is 2.71 bits per heavy atom. The molecule has 0 atom stereocenters. The van der Waals surface area contributed by atoms with Crippen LogP contribution in [0.4, 0.5) is 5.69 Å². The minimum absolute atomic E-state index is 0.0810. The van der Waals surface area contributed by atoms with Crippen molar-refractivity contribution in [2.45, 2.75) is 13.3 Å². The molecule has 0 fully saturated rings. The van der Waals surface area contributed by atoms with Gasteiger partial charge in [0.15, 0.2) is 6.61 Å². The third-order valence-corrected chi connectivity index (χ3v) is 3.28. The van der Waals surface area contributed by atoms with E-state index in [2.05, 4.69) is 15.5 Å². The maximum absolute atomic E-state index is 11.9. The van der Waals surface area contributed by atoms with Crippen LogP contribution < -0.4 is 10.1 Å². The zero-order chi connectivity index (χ0) is 16.8. The summed E-state index contributed by atoms with van der Waals surface area (Å²) in [5, 5.41) is 10.7. The first-order valence-electron chi connectivity index (χ1n) is 7.65. The number of aryl methyl sites for hydroxylation is 1. The lowest BCUT2D eigenvalue weighted by Crippen LogP contribution is -2.20. The third kappa shape index (κ3) is 3.98. The van der Waals surface area contributed by atoms with E-state index in [-0.39, 0.29) is 12.5 Å². The second-order valence-electron chi connectivity index (χ2n) is 5.09. The predicted octanol–water partition coefficient (Wildman–Crippen LogP) is 3.32. The van der Waals surface area contributed by atoms with Gasteiger partial charge in [0.1, 0.15) is 5.75 Å². The van der Waals surface area contributed by atoms with Crippen molar-refractivity contribution in [1.29, 1.82) is 0 Å². The molecular formula is C18H17N3O3. The fourth-order valence-corrected chi connectivity index (χ4v) is 2.10. The van der Waals surface area contributed by atoms with Gasteiger partial charge >= 0.3 is 0 Å². The van der Waals surface area contributed by atoms with Crippen molar-refractivity contribution >= 4 is 11.6 Å². The van der Waals surface area contributed by atoms with Crippen molar-refractivity contribution in [3.05, 3.63) is 60.5 Å². The number of carbonyl (C=O) groups excluding carboxylic acids is 1. The number of benzene rings is 2. The number of ether oxygens (including phenoxy) is 1. The van der Waals surface area contributed by atoms with Gasteiger partial charge in [0.25, 0.3) is 5.91 Å². The van der Waals surface area contributed by atoms with Gasteiger partial charge in [0, 0.05) is 17.7 Å². The SMILES string of the molecule is CCc1nnc(-c2cccc(OCC(=O)Nc3ccccc3)c2)o1. The molecule has 1 amide bonds. The van der Waals surface area contributed by atoms with Crippen LogP contribution in [0.15, 0.2) is 59.0 Å². The van der Waals surface area contributed by atoms with Crippen molar-refractivity contribution in [2.24, 2.45) is 0 Å². The highest BCUT2D eigenvalue weighted by molar-refractivity contribution is 5.91. The van der Waals surface area contributed by atoms with Gasteiger partial charge in [0.05, 0.1) is 0 Å². The van der Waals surface area contributed by atoms with Crippen molar-refractivity contribution in [2.75, 3.05) is 11.9 Å². The normalized spacial score (nSPS) is 10.4. The van der Waals surface area contributed by atoms with Crippen molar-refractivity contribution in [3.8, 4) is 17.2 Å². The van der Waals surface area contributed by atoms with Crippen LogP contribution in [0, 0.1) is 0 Å². The summed E-state index contributed by atoms with van der Waals surface area (Å²) in [6, 6.07) is 16.4. The van der Waals surface area contributed by atoms with Crippen molar-refractivity contribution in [1.82, 2.24) is 10.2 Å². The smallest absolute Gasteiger partial charge is 0.262 e. The highest BCUT2D eigenvalue weighted by Crippen LogP contribution is 2.23. The van der Waals surface area contributed by atoms with Gasteiger partial charge in [-0.1, -0.05) is 31.2 Å². The molecule has 24 heavy (non-hydrogen) atoms. The first kappa shape index (κ1) is 15.7. The highest BCUT2D eigenvalue weighted by atomic mass is 16.5. The average molecular weight is 323 g/mol. The molecule has 1 heterocycles. The maximum Gasteiger partial charge on any atom is 0.262 e. The Morgan fingerprint density at radius 2 is 1.96 bits per heavy atom. The number of nitrogens with zero attached hydrogens (tertiary/aromatic N) is 2. The molecule has 1 aromatic heterocycles. The largest absolute Gasteiger partial charge is 0.484 e. The molecule has 0 unspecified atom stereocenters. The fraction of sp³-hybridized carbons (Fsp3) is 0.167. The van der Waals surface area contributed by atoms with Crippen LogP contribution >= 0.6 is 0 Å². The monoisotopic (exact) mass is 323 g/mol. The lowest BCUT2D eigenvalue weighted by Gasteiger charge is -2.08. The molecule has 3 aromatic rings. The van der Waals surface area contributed by atoms with Crippen molar-refractivity contribution in [3.63, 3.8) is 0 Å². The first-order chi connectivity index (χ1) is 11.7. The number of rotatable bonds is 6. The van der Waals surface area contributed by atoms with Crippen LogP contribution in [-0.4, -0.2) is 22.7 Å². The number of amides is 1. The number of anilines is 1. The number of hydrogen-bond acceptors (Lipinski definition) is 5. The molecule has 0 bridgehead atoms. The molecule has 0 aliphatic heterocycles. The fourth-order valence-electron chi connectivity index (χ4n) is 2.10. The third-order valence-electron chi connectivity index (χ3n) is 3.28. The van der Waals surface area contributed by atoms with Crippen LogP contribution in [-0.2, 0) is 11.2 Å². The molecule has 2 aromatic carbocycles. The Morgan fingerprint density at radius 1 is 1.12 bits per heavy atom. The second kappa shape index (κ2) is 7.41. The summed E-state index contributed by atoms with van der Waals surface area (Å²) in [5.74, 6) is 1.36. The predicted molar refractivity (Wildman–Crippen MR) is 89.7 cm³/mol. The lowest BCUT2D eigenvalue weighted by molar-refractivity contribution is -0.118. The molecule has 0 spiro atoms. The zero-order valence-electron chi connectivity index (χ0n) is 13.2. The molecule has 6 nitrogen and oxygen atoms in total. The Balaban J connectivity index is 1.61. The molecule has 0 saturated carbocycles. The molecule has 0 aliphatic rings. The molecular weight excluding hydrogens is 306 g/mol. The molecule has 122 valence electrons. The topological polar surface area (TPSA) is 77.2 Å². The Labute approximate surface area is 139 Å². The summed E-state index contributed by atoms with van der Waals surface area (Å²) in [6.07, 6.45) is 0.683. The van der Waals surface area contributed by atoms with Crippen LogP contribution in [0.2, 0.25) is 0 Å². The van der Waals surface area contributed by atoms with Gasteiger partial charge in [0.2, 0.25) is 11.8 Å². The number of hydrogen-bond donors (Lipinski definition) is 1. The van der Waals surface area contributed by atoms with E-state index in [1.807, 2.05) is 49.4 Å². The van der Waals surface area contributed by atoms with E-state index in [0.29, 0.717) is 24.0 Å². The van der Waals surface area contributed by atoms with Crippen LogP contribution in [0.1, 0.15) is 12.8 Å². The molecule has 1 N–H and O–H groups in total. The minimum Gasteiger partial charge on any atom is -0.484 e. The van der Waals surface area contributed by atoms with Gasteiger partial charge < -0.3 is 14.5 Å². The van der Waals surface area contributed by atoms with Gasteiger partial charge in [-0.15, -0.1) is 10.2 Å². The lowest BCUT2D eigenvalue weighted by atomic mass is 10.2. The van der Waals surface area contributed by atoms with E-state index in [0.717, 1.165) is 11.3 Å². The molecule has 0 radical (unpaired) electrons. The van der Waals surface area contributed by atoms with Crippen LogP contribution in [0.3, 0.4) is 0 Å². The summed E-state index contributed by atoms with van der Waals surface area (Å²) in [7, 11) is 0. The standard InChI is InChI=1S/C18H17N3O3/c1-2-17-20-21-18(24-17)13-7-6-10-15(11-13)23-12-16(22)19-14-8-4-3-5-9-14/h3-11H,2,12H2,1H3,(H,19,22). The van der Waals surface area contributed by atoms with Crippen LogP contribution in [0.25, 0.3) is 11.5 Å². The minimum atomic E-state index is -0.224. The Hall–Kier alpha value is -3.15. The summed E-state index contributed by atoms with van der Waals surface area (Å²) < 4.78 is 11.1. The zero-order valence-corrected chi connectivity index (χ0v) is 13.2. The molecule has 3 rings (SSSR count). The molecule has 0 aliphatic carbocycles. The van der Waals surface area contributed by atoms with E-state index in [1.54, 1.807) is 12.1 Å². The summed E-state index contributed by atoms with van der Waals surface area (Å²) in [5.41, 5.74) is 1.49. The van der Waals surface area contributed by atoms with E-state index >= 15 is 0 Å². The van der Waals surface area contributed by atoms with E-state index in [1.165, 1.54) is 0 Å². The Kier molecular flexibility index (Phi) is 4.86. The summed E-state index contributed by atoms with van der Waals surface area (Å²) >= 11 is 0. The molecule has 0 saturated heterocycles. The molecule has 6 heteroatoms. The van der Waals surface area contributed by atoms with Gasteiger partial charge in [-0.3, -0.25) is 4.79 Å². The van der Waals surface area contributed by atoms with E-state index in [4.69, 9.17) is 9.15 Å². The number of carbonyl (C=O) groups is 1. The second-order valence-corrected chi connectivity index (χ2v) is 5.09. The first-order valence-corrected chi connectivity index (χ1v) is 7.65.